The van der Waals surface area contributed by atoms with Gasteiger partial charge in [-0.2, -0.15) is 0 Å². The molecule has 0 aliphatic carbocycles. The van der Waals surface area contributed by atoms with Crippen molar-refractivity contribution in [3.05, 3.63) is 23.8 Å². The Bertz CT molecular complexity index is 436. The molecule has 2 atom stereocenters. The Labute approximate surface area is 122 Å². The van der Waals surface area contributed by atoms with Crippen LogP contribution >= 0.6 is 0 Å². The van der Waals surface area contributed by atoms with Gasteiger partial charge >= 0.3 is 0 Å². The van der Waals surface area contributed by atoms with E-state index in [0.29, 0.717) is 12.1 Å². The van der Waals surface area contributed by atoms with Gasteiger partial charge in [-0.05, 0) is 51.1 Å². The van der Waals surface area contributed by atoms with Crippen LogP contribution in [0, 0.1) is 0 Å². The highest BCUT2D eigenvalue weighted by atomic mass is 16.5. The molecule has 4 heteroatoms. The number of hydrogen-bond donors (Lipinski definition) is 1. The van der Waals surface area contributed by atoms with Crippen LogP contribution in [-0.4, -0.2) is 44.8 Å². The summed E-state index contributed by atoms with van der Waals surface area (Å²) in [5, 5.41) is 3.65. The minimum atomic E-state index is 0.606. The van der Waals surface area contributed by atoms with Gasteiger partial charge in [0.15, 0.2) is 11.5 Å². The molecule has 2 rings (SSSR count). The third-order valence-electron chi connectivity index (χ3n) is 4.25. The maximum Gasteiger partial charge on any atom is 0.161 e. The highest BCUT2D eigenvalue weighted by Crippen LogP contribution is 2.27. The summed E-state index contributed by atoms with van der Waals surface area (Å²) in [7, 11) is 5.54. The summed E-state index contributed by atoms with van der Waals surface area (Å²) in [5.41, 5.74) is 1.23. The number of methoxy groups -OCH3 is 2. The SMILES string of the molecule is COc1ccc(CNC2CCN(C)C(C)C2)cc1OC. The summed E-state index contributed by atoms with van der Waals surface area (Å²) in [6.07, 6.45) is 2.43. The summed E-state index contributed by atoms with van der Waals surface area (Å²) in [6, 6.07) is 7.37. The van der Waals surface area contributed by atoms with E-state index in [-0.39, 0.29) is 0 Å². The van der Waals surface area contributed by atoms with Crippen LogP contribution in [0.15, 0.2) is 18.2 Å². The van der Waals surface area contributed by atoms with Gasteiger partial charge in [-0.1, -0.05) is 6.07 Å². The first-order chi connectivity index (χ1) is 9.63. The first kappa shape index (κ1) is 15.1. The second kappa shape index (κ2) is 6.95. The van der Waals surface area contributed by atoms with Crippen molar-refractivity contribution in [2.45, 2.75) is 38.4 Å². The number of piperidine rings is 1. The summed E-state index contributed by atoms with van der Waals surface area (Å²) < 4.78 is 10.6. The van der Waals surface area contributed by atoms with Crippen LogP contribution in [0.3, 0.4) is 0 Å². The number of nitrogens with one attached hydrogen (secondary N) is 1. The van der Waals surface area contributed by atoms with Crippen LogP contribution in [0.2, 0.25) is 0 Å². The fourth-order valence-corrected chi connectivity index (χ4v) is 2.73. The fraction of sp³-hybridized carbons (Fsp3) is 0.625. The Morgan fingerprint density at radius 1 is 1.25 bits per heavy atom. The van der Waals surface area contributed by atoms with Gasteiger partial charge in [-0.3, -0.25) is 0 Å². The van der Waals surface area contributed by atoms with Crippen LogP contribution in [0.25, 0.3) is 0 Å². The molecule has 1 saturated heterocycles. The van der Waals surface area contributed by atoms with Crippen LogP contribution in [0.5, 0.6) is 11.5 Å². The summed E-state index contributed by atoms with van der Waals surface area (Å²) in [4.78, 5) is 2.43. The van der Waals surface area contributed by atoms with Crippen molar-refractivity contribution < 1.29 is 9.47 Å². The molecule has 1 heterocycles. The van der Waals surface area contributed by atoms with E-state index in [9.17, 15) is 0 Å². The molecule has 20 heavy (non-hydrogen) atoms. The molecule has 1 N–H and O–H groups in total. The van der Waals surface area contributed by atoms with Gasteiger partial charge in [-0.25, -0.2) is 0 Å². The highest BCUT2D eigenvalue weighted by Gasteiger charge is 2.22. The van der Waals surface area contributed by atoms with E-state index in [4.69, 9.17) is 9.47 Å². The van der Waals surface area contributed by atoms with Crippen molar-refractivity contribution in [1.82, 2.24) is 10.2 Å². The fourth-order valence-electron chi connectivity index (χ4n) is 2.73. The third-order valence-corrected chi connectivity index (χ3v) is 4.25. The van der Waals surface area contributed by atoms with E-state index < -0.39 is 0 Å². The topological polar surface area (TPSA) is 33.7 Å². The maximum absolute atomic E-state index is 5.34. The predicted molar refractivity (Wildman–Crippen MR) is 81.5 cm³/mol. The third kappa shape index (κ3) is 3.64. The Balaban J connectivity index is 1.91. The molecule has 1 aliphatic heterocycles. The lowest BCUT2D eigenvalue weighted by atomic mass is 9.98. The van der Waals surface area contributed by atoms with Gasteiger partial charge in [0, 0.05) is 18.6 Å². The molecular formula is C16H26N2O2. The summed E-state index contributed by atoms with van der Waals surface area (Å²) in [5.74, 6) is 1.58. The summed E-state index contributed by atoms with van der Waals surface area (Å²) in [6.45, 7) is 4.34. The van der Waals surface area contributed by atoms with Crippen molar-refractivity contribution >= 4 is 0 Å². The molecule has 1 aromatic carbocycles. The van der Waals surface area contributed by atoms with Crippen molar-refractivity contribution in [3.63, 3.8) is 0 Å². The first-order valence-electron chi connectivity index (χ1n) is 7.28. The Morgan fingerprint density at radius 2 is 2.00 bits per heavy atom. The zero-order chi connectivity index (χ0) is 14.5. The van der Waals surface area contributed by atoms with E-state index in [2.05, 4.69) is 30.3 Å². The van der Waals surface area contributed by atoms with E-state index in [1.54, 1.807) is 14.2 Å². The molecule has 112 valence electrons. The molecule has 1 fully saturated rings. The monoisotopic (exact) mass is 278 g/mol. The lowest BCUT2D eigenvalue weighted by molar-refractivity contribution is 0.168. The van der Waals surface area contributed by atoms with Crippen molar-refractivity contribution in [2.24, 2.45) is 0 Å². The molecule has 4 nitrogen and oxygen atoms in total. The predicted octanol–water partition coefficient (Wildman–Crippen LogP) is 2.28. The zero-order valence-corrected chi connectivity index (χ0v) is 13.0. The molecule has 1 aliphatic rings. The number of hydrogen-bond acceptors (Lipinski definition) is 4. The molecule has 1 aromatic rings. The lowest BCUT2D eigenvalue weighted by Gasteiger charge is -2.35. The second-order valence-electron chi connectivity index (χ2n) is 5.62. The van der Waals surface area contributed by atoms with E-state index in [1.165, 1.54) is 24.9 Å². The lowest BCUT2D eigenvalue weighted by Crippen LogP contribution is -2.45. The quantitative estimate of drug-likeness (QED) is 0.896. The Hall–Kier alpha value is -1.26. The minimum Gasteiger partial charge on any atom is -0.493 e. The van der Waals surface area contributed by atoms with Crippen molar-refractivity contribution in [1.29, 1.82) is 0 Å². The number of nitrogens with zero attached hydrogens (tertiary/aromatic N) is 1. The number of ether oxygens (including phenoxy) is 2. The molecule has 2 unspecified atom stereocenters. The van der Waals surface area contributed by atoms with Gasteiger partial charge < -0.3 is 19.7 Å². The zero-order valence-electron chi connectivity index (χ0n) is 13.0. The average Bonchev–Trinajstić information content (AvgIpc) is 2.48. The average molecular weight is 278 g/mol. The highest BCUT2D eigenvalue weighted by molar-refractivity contribution is 5.42. The maximum atomic E-state index is 5.34. The molecule has 0 aromatic heterocycles. The van der Waals surface area contributed by atoms with Gasteiger partial charge in [0.1, 0.15) is 0 Å². The van der Waals surface area contributed by atoms with Crippen LogP contribution < -0.4 is 14.8 Å². The largest absolute Gasteiger partial charge is 0.493 e. The normalized spacial score (nSPS) is 23.6. The van der Waals surface area contributed by atoms with Gasteiger partial charge in [0.2, 0.25) is 0 Å². The number of rotatable bonds is 5. The molecule has 0 amide bonds. The molecule has 0 spiro atoms. The van der Waals surface area contributed by atoms with Crippen LogP contribution in [0.1, 0.15) is 25.3 Å². The number of benzene rings is 1. The Kier molecular flexibility index (Phi) is 5.26. The van der Waals surface area contributed by atoms with E-state index in [1.807, 2.05) is 12.1 Å². The standard InChI is InChI=1S/C16H26N2O2/c1-12-9-14(7-8-18(12)2)17-11-13-5-6-15(19-3)16(10-13)20-4/h5-6,10,12,14,17H,7-9,11H2,1-4H3. The van der Waals surface area contributed by atoms with Gasteiger partial charge in [0.05, 0.1) is 14.2 Å². The van der Waals surface area contributed by atoms with Gasteiger partial charge in [0.25, 0.3) is 0 Å². The first-order valence-corrected chi connectivity index (χ1v) is 7.28. The van der Waals surface area contributed by atoms with E-state index in [0.717, 1.165) is 18.0 Å². The Morgan fingerprint density at radius 3 is 2.65 bits per heavy atom. The van der Waals surface area contributed by atoms with Crippen molar-refractivity contribution in [2.75, 3.05) is 27.8 Å². The molecule has 0 radical (unpaired) electrons. The smallest absolute Gasteiger partial charge is 0.161 e. The van der Waals surface area contributed by atoms with Crippen molar-refractivity contribution in [3.8, 4) is 11.5 Å². The van der Waals surface area contributed by atoms with Gasteiger partial charge in [-0.15, -0.1) is 0 Å². The summed E-state index contributed by atoms with van der Waals surface area (Å²) >= 11 is 0. The minimum absolute atomic E-state index is 0.606. The second-order valence-corrected chi connectivity index (χ2v) is 5.62. The number of likely N-dealkylation sites (tertiary alicyclic amines) is 1. The molecule has 0 saturated carbocycles. The van der Waals surface area contributed by atoms with Crippen LogP contribution in [0.4, 0.5) is 0 Å². The molecule has 0 bridgehead atoms. The molecular weight excluding hydrogens is 252 g/mol. The van der Waals surface area contributed by atoms with E-state index >= 15 is 0 Å². The van der Waals surface area contributed by atoms with Crippen LogP contribution in [-0.2, 0) is 6.54 Å².